The highest BCUT2D eigenvalue weighted by atomic mass is 79.9. The van der Waals surface area contributed by atoms with Gasteiger partial charge in [-0.2, -0.15) is 4.37 Å². The van der Waals surface area contributed by atoms with Crippen molar-refractivity contribution in [2.45, 2.75) is 11.9 Å². The summed E-state index contributed by atoms with van der Waals surface area (Å²) in [6, 6.07) is 15.5. The Kier molecular flexibility index (Phi) is 5.08. The quantitative estimate of drug-likeness (QED) is 0.547. The molecular weight excluding hydrogens is 384 g/mol. The topological polar surface area (TPSA) is 35.0 Å². The van der Waals surface area contributed by atoms with Gasteiger partial charge in [-0.15, -0.1) is 0 Å². The number of nitrogens with zero attached hydrogens (tertiary/aromatic N) is 2. The summed E-state index contributed by atoms with van der Waals surface area (Å²) in [6.45, 7) is 0.476. The third-order valence-corrected chi connectivity index (χ3v) is 4.85. The Morgan fingerprint density at radius 2 is 1.95 bits per heavy atom. The summed E-state index contributed by atoms with van der Waals surface area (Å²) >= 11 is 10.9. The van der Waals surface area contributed by atoms with E-state index in [4.69, 9.17) is 16.3 Å². The molecule has 6 heteroatoms. The smallest absolute Gasteiger partial charge is 0.176 e. The molecule has 3 rings (SSSR count). The van der Waals surface area contributed by atoms with E-state index in [1.807, 2.05) is 42.5 Å². The molecule has 0 atom stereocenters. The van der Waals surface area contributed by atoms with Gasteiger partial charge < -0.3 is 4.74 Å². The zero-order valence-corrected chi connectivity index (χ0v) is 14.7. The van der Waals surface area contributed by atoms with Crippen LogP contribution in [0.15, 0.2) is 48.5 Å². The summed E-state index contributed by atoms with van der Waals surface area (Å²) in [6.07, 6.45) is 0. The molecule has 0 fully saturated rings. The zero-order valence-electron chi connectivity index (χ0n) is 11.5. The Morgan fingerprint density at radius 1 is 1.14 bits per heavy atom. The second-order valence-electron chi connectivity index (χ2n) is 4.56. The van der Waals surface area contributed by atoms with Crippen LogP contribution in [0.5, 0.6) is 5.75 Å². The number of rotatable bonds is 5. The molecule has 112 valence electrons. The molecule has 22 heavy (non-hydrogen) atoms. The maximum absolute atomic E-state index is 6.09. The average Bonchev–Trinajstić information content (AvgIpc) is 3.03. The second-order valence-corrected chi connectivity index (χ2v) is 6.39. The molecule has 0 aliphatic carbocycles. The van der Waals surface area contributed by atoms with E-state index in [2.05, 4.69) is 25.3 Å². The Labute approximate surface area is 146 Å². The van der Waals surface area contributed by atoms with Gasteiger partial charge in [0.25, 0.3) is 0 Å². The van der Waals surface area contributed by atoms with Crippen LogP contribution in [0.2, 0.25) is 5.02 Å². The van der Waals surface area contributed by atoms with E-state index in [0.717, 1.165) is 16.1 Å². The fourth-order valence-corrected chi connectivity index (χ4v) is 3.06. The van der Waals surface area contributed by atoms with Crippen molar-refractivity contribution in [1.82, 2.24) is 9.36 Å². The number of hydrogen-bond donors (Lipinski definition) is 0. The van der Waals surface area contributed by atoms with Crippen LogP contribution in [0.25, 0.3) is 11.4 Å². The van der Waals surface area contributed by atoms with Crippen LogP contribution in [-0.2, 0) is 11.9 Å². The fourth-order valence-electron chi connectivity index (χ4n) is 1.95. The zero-order chi connectivity index (χ0) is 15.4. The van der Waals surface area contributed by atoms with Crippen LogP contribution in [0.3, 0.4) is 0 Å². The van der Waals surface area contributed by atoms with E-state index in [-0.39, 0.29) is 0 Å². The molecule has 3 nitrogen and oxygen atoms in total. The molecule has 0 spiro atoms. The predicted molar refractivity (Wildman–Crippen MR) is 93.8 cm³/mol. The summed E-state index contributed by atoms with van der Waals surface area (Å²) < 4.78 is 10.3. The SMILES string of the molecule is Clc1ccc(-c2nsc(CBr)n2)c(OCc2ccccc2)c1. The van der Waals surface area contributed by atoms with Crippen molar-refractivity contribution in [3.63, 3.8) is 0 Å². The first-order valence-electron chi connectivity index (χ1n) is 6.61. The Morgan fingerprint density at radius 3 is 2.68 bits per heavy atom. The van der Waals surface area contributed by atoms with Crippen LogP contribution >= 0.6 is 39.1 Å². The van der Waals surface area contributed by atoms with Gasteiger partial charge in [-0.05, 0) is 35.3 Å². The van der Waals surface area contributed by atoms with Crippen molar-refractivity contribution in [1.29, 1.82) is 0 Å². The van der Waals surface area contributed by atoms with Crippen molar-refractivity contribution in [3.8, 4) is 17.1 Å². The number of aromatic nitrogens is 2. The summed E-state index contributed by atoms with van der Waals surface area (Å²) in [5.74, 6) is 1.36. The molecule has 0 aliphatic rings. The van der Waals surface area contributed by atoms with Gasteiger partial charge in [0.2, 0.25) is 0 Å². The number of alkyl halides is 1. The number of hydrogen-bond acceptors (Lipinski definition) is 4. The highest BCUT2D eigenvalue weighted by Crippen LogP contribution is 2.32. The maximum atomic E-state index is 6.09. The molecule has 0 saturated heterocycles. The van der Waals surface area contributed by atoms with Crippen LogP contribution in [0.1, 0.15) is 10.6 Å². The van der Waals surface area contributed by atoms with Crippen LogP contribution in [-0.4, -0.2) is 9.36 Å². The minimum atomic E-state index is 0.476. The lowest BCUT2D eigenvalue weighted by atomic mass is 10.2. The first kappa shape index (κ1) is 15.5. The molecule has 0 radical (unpaired) electrons. The number of benzene rings is 2. The molecule has 0 N–H and O–H groups in total. The van der Waals surface area contributed by atoms with Gasteiger partial charge >= 0.3 is 0 Å². The Bertz CT molecular complexity index is 764. The van der Waals surface area contributed by atoms with E-state index in [9.17, 15) is 0 Å². The molecule has 0 unspecified atom stereocenters. The van der Waals surface area contributed by atoms with Gasteiger partial charge in [-0.3, -0.25) is 0 Å². The Balaban J connectivity index is 1.87. The standard InChI is InChI=1S/C16H12BrClN2OS/c17-9-15-19-16(20-22-15)13-7-6-12(18)8-14(13)21-10-11-4-2-1-3-5-11/h1-8H,9-10H2. The van der Waals surface area contributed by atoms with Crippen molar-refractivity contribution in [2.75, 3.05) is 0 Å². The van der Waals surface area contributed by atoms with Crippen molar-refractivity contribution >= 4 is 39.1 Å². The molecule has 1 aromatic heterocycles. The van der Waals surface area contributed by atoms with Crippen LogP contribution in [0, 0.1) is 0 Å². The van der Waals surface area contributed by atoms with Gasteiger partial charge in [0.1, 0.15) is 17.4 Å². The Hall–Kier alpha value is -1.43. The van der Waals surface area contributed by atoms with Crippen LogP contribution < -0.4 is 4.74 Å². The van der Waals surface area contributed by atoms with Gasteiger partial charge in [0.15, 0.2) is 5.82 Å². The third-order valence-electron chi connectivity index (χ3n) is 3.00. The largest absolute Gasteiger partial charge is 0.488 e. The number of halogens is 2. The van der Waals surface area contributed by atoms with E-state index in [0.29, 0.717) is 28.5 Å². The molecule has 0 aliphatic heterocycles. The lowest BCUT2D eigenvalue weighted by molar-refractivity contribution is 0.307. The van der Waals surface area contributed by atoms with Crippen LogP contribution in [0.4, 0.5) is 0 Å². The first-order valence-corrected chi connectivity index (χ1v) is 8.89. The van der Waals surface area contributed by atoms with E-state index in [1.165, 1.54) is 11.5 Å². The molecule has 3 aromatic rings. The second kappa shape index (κ2) is 7.22. The molecule has 0 bridgehead atoms. The predicted octanol–water partition coefficient (Wildman–Crippen LogP) is 5.33. The number of ether oxygens (including phenoxy) is 1. The van der Waals surface area contributed by atoms with E-state index >= 15 is 0 Å². The van der Waals surface area contributed by atoms with Crippen molar-refractivity contribution in [2.24, 2.45) is 0 Å². The molecule has 0 amide bonds. The summed E-state index contributed by atoms with van der Waals surface area (Å²) in [7, 11) is 0. The molecule has 2 aromatic carbocycles. The van der Waals surface area contributed by atoms with E-state index in [1.54, 1.807) is 6.07 Å². The van der Waals surface area contributed by atoms with Crippen molar-refractivity contribution in [3.05, 3.63) is 64.1 Å². The monoisotopic (exact) mass is 394 g/mol. The fraction of sp³-hybridized carbons (Fsp3) is 0.125. The van der Waals surface area contributed by atoms with Gasteiger partial charge in [0.05, 0.1) is 10.9 Å². The lowest BCUT2D eigenvalue weighted by Crippen LogP contribution is -1.97. The molecular formula is C16H12BrClN2OS. The summed E-state index contributed by atoms with van der Waals surface area (Å²) in [5, 5.41) is 2.25. The molecule has 1 heterocycles. The lowest BCUT2D eigenvalue weighted by Gasteiger charge is -2.10. The highest BCUT2D eigenvalue weighted by molar-refractivity contribution is 9.08. The van der Waals surface area contributed by atoms with Gasteiger partial charge in [-0.25, -0.2) is 4.98 Å². The minimum absolute atomic E-state index is 0.476. The first-order chi connectivity index (χ1) is 10.8. The normalized spacial score (nSPS) is 10.6. The minimum Gasteiger partial charge on any atom is -0.488 e. The van der Waals surface area contributed by atoms with E-state index < -0.39 is 0 Å². The summed E-state index contributed by atoms with van der Waals surface area (Å²) in [5.41, 5.74) is 1.95. The molecule has 0 saturated carbocycles. The third kappa shape index (κ3) is 3.66. The van der Waals surface area contributed by atoms with Crippen molar-refractivity contribution < 1.29 is 4.74 Å². The summed E-state index contributed by atoms with van der Waals surface area (Å²) in [4.78, 5) is 4.48. The average molecular weight is 396 g/mol. The maximum Gasteiger partial charge on any atom is 0.176 e. The van der Waals surface area contributed by atoms with Gasteiger partial charge in [0, 0.05) is 5.02 Å². The van der Waals surface area contributed by atoms with Gasteiger partial charge in [-0.1, -0.05) is 57.9 Å². The highest BCUT2D eigenvalue weighted by Gasteiger charge is 2.13.